The van der Waals surface area contributed by atoms with E-state index < -0.39 is 0 Å². The molecule has 5 nitrogen and oxygen atoms in total. The number of anilines is 3. The fourth-order valence-corrected chi connectivity index (χ4v) is 2.91. The van der Waals surface area contributed by atoms with Crippen molar-refractivity contribution in [3.63, 3.8) is 0 Å². The third-order valence-corrected chi connectivity index (χ3v) is 4.26. The Balaban J connectivity index is 1.73. The van der Waals surface area contributed by atoms with Gasteiger partial charge in [0.2, 0.25) is 0 Å². The topological polar surface area (TPSA) is 66.9 Å². The van der Waals surface area contributed by atoms with E-state index in [1.54, 1.807) is 5.38 Å². The van der Waals surface area contributed by atoms with Gasteiger partial charge in [0.25, 0.3) is 5.91 Å². The molecular formula is C18H18N4OS. The molecule has 0 saturated heterocycles. The number of amides is 1. The lowest BCUT2D eigenvalue weighted by molar-refractivity contribution is 0.102. The molecule has 0 radical (unpaired) electrons. The molecule has 2 N–H and O–H groups in total. The van der Waals surface area contributed by atoms with Crippen molar-refractivity contribution < 1.29 is 4.79 Å². The van der Waals surface area contributed by atoms with Crippen LogP contribution < -0.4 is 10.6 Å². The second-order valence-electron chi connectivity index (χ2n) is 5.60. The van der Waals surface area contributed by atoms with Crippen molar-refractivity contribution in [2.75, 3.05) is 10.6 Å². The summed E-state index contributed by atoms with van der Waals surface area (Å²) in [5, 5.41) is 8.41. The van der Waals surface area contributed by atoms with Gasteiger partial charge in [0.15, 0.2) is 5.13 Å². The highest BCUT2D eigenvalue weighted by molar-refractivity contribution is 7.14. The van der Waals surface area contributed by atoms with Gasteiger partial charge in [-0.2, -0.15) is 0 Å². The SMILES string of the molecule is Cc1ccc(C)c(NC(=O)c2csc(Nc3cccc(C)n3)n2)c1. The van der Waals surface area contributed by atoms with E-state index in [9.17, 15) is 4.79 Å². The molecule has 0 aliphatic rings. The number of pyridine rings is 1. The Labute approximate surface area is 144 Å². The Kier molecular flexibility index (Phi) is 4.57. The minimum Gasteiger partial charge on any atom is -0.320 e. The first-order valence-electron chi connectivity index (χ1n) is 7.56. The Morgan fingerprint density at radius 3 is 2.71 bits per heavy atom. The van der Waals surface area contributed by atoms with Crippen molar-refractivity contribution in [3.8, 4) is 0 Å². The molecule has 0 atom stereocenters. The van der Waals surface area contributed by atoms with Crippen LogP contribution in [0.3, 0.4) is 0 Å². The fourth-order valence-electron chi connectivity index (χ4n) is 2.21. The van der Waals surface area contributed by atoms with Crippen LogP contribution in [0.1, 0.15) is 27.3 Å². The molecule has 0 fully saturated rings. The molecule has 6 heteroatoms. The number of aryl methyl sites for hydroxylation is 3. The lowest BCUT2D eigenvalue weighted by atomic mass is 10.1. The summed E-state index contributed by atoms with van der Waals surface area (Å²) < 4.78 is 0. The largest absolute Gasteiger partial charge is 0.320 e. The highest BCUT2D eigenvalue weighted by Crippen LogP contribution is 2.22. The predicted octanol–water partition coefficient (Wildman–Crippen LogP) is 4.46. The number of nitrogens with zero attached hydrogens (tertiary/aromatic N) is 2. The van der Waals surface area contributed by atoms with Gasteiger partial charge in [0.1, 0.15) is 11.5 Å². The van der Waals surface area contributed by atoms with Crippen molar-refractivity contribution in [2.45, 2.75) is 20.8 Å². The van der Waals surface area contributed by atoms with Gasteiger partial charge in [-0.15, -0.1) is 11.3 Å². The van der Waals surface area contributed by atoms with Crippen LogP contribution in [-0.2, 0) is 0 Å². The molecule has 3 aromatic rings. The number of aromatic nitrogens is 2. The van der Waals surface area contributed by atoms with E-state index in [0.29, 0.717) is 16.6 Å². The van der Waals surface area contributed by atoms with Crippen molar-refractivity contribution in [1.29, 1.82) is 0 Å². The van der Waals surface area contributed by atoms with Gasteiger partial charge in [0, 0.05) is 16.8 Å². The maximum atomic E-state index is 12.4. The van der Waals surface area contributed by atoms with E-state index in [0.717, 1.165) is 22.5 Å². The molecular weight excluding hydrogens is 320 g/mol. The summed E-state index contributed by atoms with van der Waals surface area (Å²) >= 11 is 1.37. The molecule has 1 amide bonds. The van der Waals surface area contributed by atoms with Crippen LogP contribution in [0.15, 0.2) is 41.8 Å². The van der Waals surface area contributed by atoms with Gasteiger partial charge in [-0.1, -0.05) is 18.2 Å². The number of nitrogens with one attached hydrogen (secondary N) is 2. The van der Waals surface area contributed by atoms with Crippen LogP contribution in [0.5, 0.6) is 0 Å². The van der Waals surface area contributed by atoms with Gasteiger partial charge in [0.05, 0.1) is 0 Å². The predicted molar refractivity (Wildman–Crippen MR) is 98.2 cm³/mol. The second kappa shape index (κ2) is 6.80. The molecule has 0 aliphatic heterocycles. The Morgan fingerprint density at radius 1 is 1.08 bits per heavy atom. The maximum absolute atomic E-state index is 12.4. The lowest BCUT2D eigenvalue weighted by Crippen LogP contribution is -2.13. The third kappa shape index (κ3) is 3.78. The Bertz CT molecular complexity index is 888. The number of hydrogen-bond acceptors (Lipinski definition) is 5. The summed E-state index contributed by atoms with van der Waals surface area (Å²) in [4.78, 5) is 21.1. The highest BCUT2D eigenvalue weighted by atomic mass is 32.1. The molecule has 0 saturated carbocycles. The smallest absolute Gasteiger partial charge is 0.275 e. The monoisotopic (exact) mass is 338 g/mol. The molecule has 122 valence electrons. The number of hydrogen-bond donors (Lipinski definition) is 2. The minimum absolute atomic E-state index is 0.217. The van der Waals surface area contributed by atoms with E-state index in [2.05, 4.69) is 20.6 Å². The number of thiazole rings is 1. The first-order chi connectivity index (χ1) is 11.5. The first-order valence-corrected chi connectivity index (χ1v) is 8.44. The molecule has 3 rings (SSSR count). The van der Waals surface area contributed by atoms with E-state index in [4.69, 9.17) is 0 Å². The maximum Gasteiger partial charge on any atom is 0.275 e. The van der Waals surface area contributed by atoms with Crippen LogP contribution in [0.25, 0.3) is 0 Å². The Morgan fingerprint density at radius 2 is 1.92 bits per heavy atom. The first kappa shape index (κ1) is 16.1. The zero-order valence-corrected chi connectivity index (χ0v) is 14.6. The van der Waals surface area contributed by atoms with E-state index in [1.807, 2.05) is 57.2 Å². The summed E-state index contributed by atoms with van der Waals surface area (Å²) in [6.07, 6.45) is 0. The van der Waals surface area contributed by atoms with E-state index in [1.165, 1.54) is 11.3 Å². The van der Waals surface area contributed by atoms with E-state index >= 15 is 0 Å². The van der Waals surface area contributed by atoms with Crippen LogP contribution in [0.2, 0.25) is 0 Å². The van der Waals surface area contributed by atoms with Crippen molar-refractivity contribution in [2.24, 2.45) is 0 Å². The molecule has 0 aliphatic carbocycles. The number of carbonyl (C=O) groups excluding carboxylic acids is 1. The van der Waals surface area contributed by atoms with E-state index in [-0.39, 0.29) is 5.91 Å². The molecule has 0 bridgehead atoms. The standard InChI is InChI=1S/C18H18N4OS/c1-11-7-8-12(2)14(9-11)20-17(23)15-10-24-18(21-15)22-16-6-4-5-13(3)19-16/h4-10H,1-3H3,(H,20,23)(H,19,21,22). The quantitative estimate of drug-likeness (QED) is 0.737. The molecule has 2 heterocycles. The molecule has 1 aromatic carbocycles. The van der Waals surface area contributed by atoms with Crippen LogP contribution in [0.4, 0.5) is 16.6 Å². The summed E-state index contributed by atoms with van der Waals surface area (Å²) in [5.41, 5.74) is 4.23. The zero-order chi connectivity index (χ0) is 17.1. The van der Waals surface area contributed by atoms with Crippen molar-refractivity contribution in [1.82, 2.24) is 9.97 Å². The van der Waals surface area contributed by atoms with Crippen LogP contribution in [-0.4, -0.2) is 15.9 Å². The summed E-state index contributed by atoms with van der Waals surface area (Å²) in [6.45, 7) is 5.89. The molecule has 0 unspecified atom stereocenters. The second-order valence-corrected chi connectivity index (χ2v) is 6.46. The molecule has 24 heavy (non-hydrogen) atoms. The van der Waals surface area contributed by atoms with Crippen LogP contribution >= 0.6 is 11.3 Å². The summed E-state index contributed by atoms with van der Waals surface area (Å²) in [7, 11) is 0. The van der Waals surface area contributed by atoms with Gasteiger partial charge in [-0.3, -0.25) is 4.79 Å². The number of rotatable bonds is 4. The summed E-state index contributed by atoms with van der Waals surface area (Å²) in [6, 6.07) is 11.7. The van der Waals surface area contributed by atoms with Crippen LogP contribution in [0, 0.1) is 20.8 Å². The molecule has 2 aromatic heterocycles. The highest BCUT2D eigenvalue weighted by Gasteiger charge is 2.12. The lowest BCUT2D eigenvalue weighted by Gasteiger charge is -2.08. The van der Waals surface area contributed by atoms with Crippen molar-refractivity contribution >= 4 is 33.9 Å². The van der Waals surface area contributed by atoms with Gasteiger partial charge in [-0.25, -0.2) is 9.97 Å². The number of benzene rings is 1. The average Bonchev–Trinajstić information content (AvgIpc) is 2.99. The fraction of sp³-hybridized carbons (Fsp3) is 0.167. The van der Waals surface area contributed by atoms with Crippen molar-refractivity contribution in [3.05, 3.63) is 64.3 Å². The normalized spacial score (nSPS) is 10.5. The third-order valence-electron chi connectivity index (χ3n) is 3.50. The summed E-state index contributed by atoms with van der Waals surface area (Å²) in [5.74, 6) is 0.496. The Hall–Kier alpha value is -2.73. The average molecular weight is 338 g/mol. The number of carbonyl (C=O) groups is 1. The molecule has 0 spiro atoms. The van der Waals surface area contributed by atoms with Gasteiger partial charge in [-0.05, 0) is 50.1 Å². The van der Waals surface area contributed by atoms with Gasteiger partial charge < -0.3 is 10.6 Å². The minimum atomic E-state index is -0.217. The zero-order valence-electron chi connectivity index (χ0n) is 13.8. The van der Waals surface area contributed by atoms with Gasteiger partial charge >= 0.3 is 0 Å².